The third kappa shape index (κ3) is 7.78. The van der Waals surface area contributed by atoms with Crippen LogP contribution in [0.3, 0.4) is 0 Å². The molecular weight excluding hydrogens is 368 g/mol. The predicted molar refractivity (Wildman–Crippen MR) is 112 cm³/mol. The number of carbonyl (C=O) groups excluding carboxylic acids is 3. The molecule has 2 N–H and O–H groups in total. The van der Waals surface area contributed by atoms with Gasteiger partial charge in [0.25, 0.3) is 0 Å². The molecule has 0 aliphatic heterocycles. The fraction of sp³-hybridized carbons (Fsp3) is 0.348. The van der Waals surface area contributed by atoms with Crippen molar-refractivity contribution in [2.45, 2.75) is 39.2 Å². The van der Waals surface area contributed by atoms with Gasteiger partial charge in [-0.25, -0.2) is 4.79 Å². The second kappa shape index (κ2) is 11.0. The molecule has 0 aliphatic carbocycles. The Balaban J connectivity index is 1.85. The van der Waals surface area contributed by atoms with E-state index in [1.807, 2.05) is 68.4 Å². The molecule has 2 amide bonds. The van der Waals surface area contributed by atoms with Crippen molar-refractivity contribution in [1.29, 1.82) is 0 Å². The van der Waals surface area contributed by atoms with Crippen LogP contribution in [0.5, 0.6) is 0 Å². The average molecular weight is 396 g/mol. The number of methoxy groups -OCH3 is 1. The highest BCUT2D eigenvalue weighted by Gasteiger charge is 2.23. The van der Waals surface area contributed by atoms with Crippen molar-refractivity contribution in [2.75, 3.05) is 12.4 Å². The van der Waals surface area contributed by atoms with E-state index in [0.717, 1.165) is 16.8 Å². The molecule has 0 fully saturated rings. The Morgan fingerprint density at radius 1 is 0.931 bits per heavy atom. The van der Waals surface area contributed by atoms with Crippen LogP contribution < -0.4 is 10.6 Å². The van der Waals surface area contributed by atoms with Gasteiger partial charge in [0, 0.05) is 24.9 Å². The largest absolute Gasteiger partial charge is 0.467 e. The lowest BCUT2D eigenvalue weighted by Gasteiger charge is -2.18. The van der Waals surface area contributed by atoms with Crippen LogP contribution in [-0.4, -0.2) is 30.9 Å². The summed E-state index contributed by atoms with van der Waals surface area (Å²) in [7, 11) is 1.30. The Morgan fingerprint density at radius 3 is 2.17 bits per heavy atom. The van der Waals surface area contributed by atoms with Crippen molar-refractivity contribution in [3.05, 3.63) is 65.7 Å². The highest BCUT2D eigenvalue weighted by Crippen LogP contribution is 2.13. The lowest BCUT2D eigenvalue weighted by Crippen LogP contribution is -2.43. The molecule has 0 spiro atoms. The Bertz CT molecular complexity index is 819. The van der Waals surface area contributed by atoms with E-state index < -0.39 is 12.0 Å². The molecule has 29 heavy (non-hydrogen) atoms. The second-order valence-corrected chi connectivity index (χ2v) is 7.26. The number of benzene rings is 2. The predicted octanol–water partition coefficient (Wildman–Crippen LogP) is 3.25. The van der Waals surface area contributed by atoms with E-state index in [-0.39, 0.29) is 30.6 Å². The van der Waals surface area contributed by atoms with E-state index in [4.69, 9.17) is 4.74 Å². The van der Waals surface area contributed by atoms with Crippen molar-refractivity contribution in [3.8, 4) is 0 Å². The first-order chi connectivity index (χ1) is 13.9. The number of ether oxygens (including phenoxy) is 1. The van der Waals surface area contributed by atoms with E-state index >= 15 is 0 Å². The molecule has 0 unspecified atom stereocenters. The van der Waals surface area contributed by atoms with Crippen molar-refractivity contribution in [2.24, 2.45) is 5.92 Å². The Morgan fingerprint density at radius 2 is 1.55 bits per heavy atom. The summed E-state index contributed by atoms with van der Waals surface area (Å²) in [6, 6.07) is 16.2. The Hall–Kier alpha value is -3.15. The molecule has 0 saturated carbocycles. The molecule has 2 rings (SSSR count). The van der Waals surface area contributed by atoms with Gasteiger partial charge in [0.2, 0.25) is 11.8 Å². The summed E-state index contributed by atoms with van der Waals surface area (Å²) in [5.74, 6) is -1.10. The average Bonchev–Trinajstić information content (AvgIpc) is 2.69. The fourth-order valence-corrected chi connectivity index (χ4v) is 2.99. The van der Waals surface area contributed by atoms with Crippen LogP contribution in [0.15, 0.2) is 54.6 Å². The summed E-state index contributed by atoms with van der Waals surface area (Å²) in [6.07, 6.45) is 0.702. The van der Waals surface area contributed by atoms with Gasteiger partial charge in [-0.2, -0.15) is 0 Å². The standard InChI is InChI=1S/C23H28N2O4/c1-16-9-11-19(12-10-16)24-21(26)13-17(2)14-22(27)25-20(23(28)29-3)15-18-7-5-4-6-8-18/h4-12,17,20H,13-15H2,1-3H3,(H,24,26)(H,25,27)/t17-,20+/m0/s1. The SMILES string of the molecule is COC(=O)[C@@H](Cc1ccccc1)NC(=O)C[C@@H](C)CC(=O)Nc1ccc(C)cc1. The number of hydrogen-bond donors (Lipinski definition) is 2. The smallest absolute Gasteiger partial charge is 0.328 e. The van der Waals surface area contributed by atoms with Gasteiger partial charge in [-0.15, -0.1) is 0 Å². The van der Waals surface area contributed by atoms with Crippen molar-refractivity contribution in [3.63, 3.8) is 0 Å². The van der Waals surface area contributed by atoms with E-state index in [1.54, 1.807) is 0 Å². The molecule has 0 aromatic heterocycles. The number of nitrogens with one attached hydrogen (secondary N) is 2. The van der Waals surface area contributed by atoms with Gasteiger partial charge in [-0.05, 0) is 30.5 Å². The van der Waals surface area contributed by atoms with Gasteiger partial charge in [0.1, 0.15) is 6.04 Å². The quantitative estimate of drug-likeness (QED) is 0.637. The lowest BCUT2D eigenvalue weighted by atomic mass is 10.0. The Kier molecular flexibility index (Phi) is 8.40. The molecule has 6 nitrogen and oxygen atoms in total. The molecule has 0 heterocycles. The number of esters is 1. The van der Waals surface area contributed by atoms with Gasteiger partial charge in [0.05, 0.1) is 7.11 Å². The van der Waals surface area contributed by atoms with Crippen molar-refractivity contribution in [1.82, 2.24) is 5.32 Å². The number of anilines is 1. The van der Waals surface area contributed by atoms with Gasteiger partial charge in [-0.3, -0.25) is 9.59 Å². The van der Waals surface area contributed by atoms with Crippen LogP contribution in [0.25, 0.3) is 0 Å². The molecule has 0 aliphatic rings. The first kappa shape index (κ1) is 22.1. The first-order valence-corrected chi connectivity index (χ1v) is 9.65. The van der Waals surface area contributed by atoms with Crippen LogP contribution in [0.1, 0.15) is 30.9 Å². The summed E-state index contributed by atoms with van der Waals surface area (Å²) >= 11 is 0. The summed E-state index contributed by atoms with van der Waals surface area (Å²) in [5.41, 5.74) is 2.77. The molecule has 6 heteroatoms. The van der Waals surface area contributed by atoms with Crippen molar-refractivity contribution < 1.29 is 19.1 Å². The third-order valence-electron chi connectivity index (χ3n) is 4.51. The highest BCUT2D eigenvalue weighted by atomic mass is 16.5. The number of amides is 2. The third-order valence-corrected chi connectivity index (χ3v) is 4.51. The topological polar surface area (TPSA) is 84.5 Å². The number of aryl methyl sites for hydroxylation is 1. The zero-order chi connectivity index (χ0) is 21.2. The monoisotopic (exact) mass is 396 g/mol. The minimum Gasteiger partial charge on any atom is -0.467 e. The first-order valence-electron chi connectivity index (χ1n) is 9.65. The zero-order valence-electron chi connectivity index (χ0n) is 17.1. The minimum absolute atomic E-state index is 0.142. The zero-order valence-corrected chi connectivity index (χ0v) is 17.1. The van der Waals surface area contributed by atoms with Crippen LogP contribution in [0, 0.1) is 12.8 Å². The van der Waals surface area contributed by atoms with Crippen LogP contribution in [0.2, 0.25) is 0 Å². The molecule has 2 aromatic carbocycles. The maximum atomic E-state index is 12.4. The minimum atomic E-state index is -0.761. The normalized spacial score (nSPS) is 12.5. The Labute approximate surface area is 171 Å². The van der Waals surface area contributed by atoms with E-state index in [1.165, 1.54) is 7.11 Å². The van der Waals surface area contributed by atoms with E-state index in [2.05, 4.69) is 10.6 Å². The summed E-state index contributed by atoms with van der Waals surface area (Å²) in [4.78, 5) is 36.6. The molecule has 0 bridgehead atoms. The second-order valence-electron chi connectivity index (χ2n) is 7.26. The molecule has 2 aromatic rings. The summed E-state index contributed by atoms with van der Waals surface area (Å²) in [6.45, 7) is 3.81. The van der Waals surface area contributed by atoms with Gasteiger partial charge >= 0.3 is 5.97 Å². The van der Waals surface area contributed by atoms with Gasteiger partial charge in [0.15, 0.2) is 0 Å². The molecule has 154 valence electrons. The fourth-order valence-electron chi connectivity index (χ4n) is 2.99. The van der Waals surface area contributed by atoms with Gasteiger partial charge < -0.3 is 15.4 Å². The van der Waals surface area contributed by atoms with E-state index in [0.29, 0.717) is 6.42 Å². The molecular formula is C23H28N2O4. The number of rotatable bonds is 9. The summed E-state index contributed by atoms with van der Waals surface area (Å²) in [5, 5.41) is 5.56. The van der Waals surface area contributed by atoms with E-state index in [9.17, 15) is 14.4 Å². The van der Waals surface area contributed by atoms with Crippen molar-refractivity contribution >= 4 is 23.5 Å². The lowest BCUT2D eigenvalue weighted by molar-refractivity contribution is -0.145. The molecule has 0 radical (unpaired) electrons. The summed E-state index contributed by atoms with van der Waals surface area (Å²) < 4.78 is 4.81. The maximum Gasteiger partial charge on any atom is 0.328 e. The number of hydrogen-bond acceptors (Lipinski definition) is 4. The number of carbonyl (C=O) groups is 3. The maximum absolute atomic E-state index is 12.4. The van der Waals surface area contributed by atoms with Crippen LogP contribution in [0.4, 0.5) is 5.69 Å². The highest BCUT2D eigenvalue weighted by molar-refractivity contribution is 5.91. The van der Waals surface area contributed by atoms with Crippen LogP contribution in [-0.2, 0) is 25.5 Å². The molecule has 2 atom stereocenters. The van der Waals surface area contributed by atoms with Gasteiger partial charge in [-0.1, -0.05) is 55.0 Å². The molecule has 0 saturated heterocycles. The van der Waals surface area contributed by atoms with Crippen LogP contribution >= 0.6 is 0 Å².